The van der Waals surface area contributed by atoms with Gasteiger partial charge in [-0.3, -0.25) is 18.7 Å². The Morgan fingerprint density at radius 3 is 1.41 bits per heavy atom. The molecule has 2 N–H and O–H groups in total. The Morgan fingerprint density at radius 2 is 1.01 bits per heavy atom. The minimum absolute atomic E-state index is 0.0233. The highest BCUT2D eigenvalue weighted by Crippen LogP contribution is 2.49. The highest BCUT2D eigenvalue weighted by Gasteiger charge is 2.45. The van der Waals surface area contributed by atoms with E-state index in [9.17, 15) is 38.5 Å². The first-order valence-corrected chi connectivity index (χ1v) is 35.2. The standard InChI is InChI=1S/C32H44NO7PS.C29H40NO6PS/c1-5-40-41(4,36)21-23-8-12-24(13-9-23)28-20-27(29(42-28)31(35)37-3)33(30(34)25-10-6-22(2)7-11-25)26-14-16-32(17-15-26)38-18-19-39-32;1-4-36-37(3,35)18-20-7-11-21(12-8-20)26-17-25(27(38-26)29(33)34)30(23-13-15-24(31)16-14-23)28(32)22-9-5-19(2)6-10-22/h8-9,12-13,20,22,25-26H,5-7,10-11,14-19,21H2,1-4H3;7-8,11-12,17,19,22-24,31H,4-6,9-10,13-16,18H2,1-3H3,(H,33,34). The minimum atomic E-state index is -2.72. The van der Waals surface area contributed by atoms with Gasteiger partial charge in [0.1, 0.15) is 9.75 Å². The first-order valence-electron chi connectivity index (χ1n) is 29.0. The molecule has 15 nitrogen and oxygen atoms in total. The Hall–Kier alpha value is -4.02. The van der Waals surface area contributed by atoms with E-state index in [0.717, 1.165) is 109 Å². The fraction of sp³-hybridized carbons (Fsp3) is 0.607. The van der Waals surface area contributed by atoms with Gasteiger partial charge in [-0.2, -0.15) is 0 Å². The predicted molar refractivity (Wildman–Crippen MR) is 318 cm³/mol. The van der Waals surface area contributed by atoms with Gasteiger partial charge in [-0.1, -0.05) is 62.4 Å². The van der Waals surface area contributed by atoms with Crippen molar-refractivity contribution in [3.05, 3.63) is 81.5 Å². The van der Waals surface area contributed by atoms with Crippen LogP contribution in [0.5, 0.6) is 0 Å². The van der Waals surface area contributed by atoms with Crippen LogP contribution in [0.3, 0.4) is 0 Å². The van der Waals surface area contributed by atoms with Gasteiger partial charge in [0.25, 0.3) is 0 Å². The molecule has 2 unspecified atom stereocenters. The second-order valence-electron chi connectivity index (χ2n) is 23.2. The summed E-state index contributed by atoms with van der Waals surface area (Å²) in [4.78, 5) is 59.8. The van der Waals surface area contributed by atoms with Crippen LogP contribution in [0.2, 0.25) is 0 Å². The van der Waals surface area contributed by atoms with Crippen molar-refractivity contribution < 1.29 is 61.8 Å². The zero-order valence-corrected chi connectivity index (χ0v) is 51.3. The predicted octanol–water partition coefficient (Wildman–Crippen LogP) is 14.5. The summed E-state index contributed by atoms with van der Waals surface area (Å²) < 4.78 is 53.3. The monoisotopic (exact) mass is 1180 g/mol. The van der Waals surface area contributed by atoms with Crippen LogP contribution in [0, 0.1) is 23.7 Å². The van der Waals surface area contributed by atoms with Crippen LogP contribution >= 0.6 is 37.4 Å². The second kappa shape index (κ2) is 27.6. The molecule has 4 saturated carbocycles. The molecule has 19 heteroatoms. The molecule has 438 valence electrons. The SMILES string of the molecule is CCOP(C)(=O)Cc1ccc(-c2cc(N(C(=O)C3CCC(C)CC3)C3CCC(O)CC3)c(C(=O)O)s2)cc1.CCOP(C)(=O)Cc1ccc(-c2cc(N(C(=O)C3CCC(C)CC3)C3CCC4(CC3)OCCO4)c(C(=O)OC)s2)cc1. The molecule has 2 amide bonds. The van der Waals surface area contributed by atoms with Crippen molar-refractivity contribution in [2.45, 2.75) is 167 Å². The molecule has 9 rings (SSSR count). The molecule has 2 aromatic heterocycles. The lowest BCUT2D eigenvalue weighted by Gasteiger charge is -2.42. The van der Waals surface area contributed by atoms with E-state index in [4.69, 9.17) is 23.3 Å². The zero-order chi connectivity index (χ0) is 57.4. The maximum atomic E-state index is 14.3. The quantitative estimate of drug-likeness (QED) is 0.0706. The second-order valence-corrected chi connectivity index (χ2v) is 30.5. The summed E-state index contributed by atoms with van der Waals surface area (Å²) in [6.07, 6.45) is 13.3. The van der Waals surface area contributed by atoms with Gasteiger partial charge in [-0.25, -0.2) is 9.59 Å². The summed E-state index contributed by atoms with van der Waals surface area (Å²) in [7, 11) is -4.04. The highest BCUT2D eigenvalue weighted by molar-refractivity contribution is 7.57. The third-order valence-electron chi connectivity index (χ3n) is 16.9. The molecule has 80 heavy (non-hydrogen) atoms. The molecule has 0 radical (unpaired) electrons. The Kier molecular flexibility index (Phi) is 21.4. The van der Waals surface area contributed by atoms with E-state index in [1.165, 1.54) is 29.8 Å². The average molecular weight is 1180 g/mol. The third kappa shape index (κ3) is 15.6. The highest BCUT2D eigenvalue weighted by atomic mass is 32.1. The molecule has 1 aliphatic heterocycles. The van der Waals surface area contributed by atoms with E-state index < -0.39 is 32.5 Å². The number of aliphatic hydroxyl groups is 1. The van der Waals surface area contributed by atoms with Crippen LogP contribution in [0.25, 0.3) is 20.9 Å². The maximum Gasteiger partial charge on any atom is 0.350 e. The van der Waals surface area contributed by atoms with Crippen LogP contribution < -0.4 is 9.80 Å². The smallest absolute Gasteiger partial charge is 0.350 e. The lowest BCUT2D eigenvalue weighted by Crippen LogP contribution is -2.49. The van der Waals surface area contributed by atoms with Crippen LogP contribution in [0.15, 0.2) is 60.7 Å². The van der Waals surface area contributed by atoms with Crippen LogP contribution in [0.4, 0.5) is 11.4 Å². The maximum absolute atomic E-state index is 14.3. The minimum Gasteiger partial charge on any atom is -0.477 e. The molecule has 5 aliphatic rings. The summed E-state index contributed by atoms with van der Waals surface area (Å²) in [5, 5.41) is 20.2. The summed E-state index contributed by atoms with van der Waals surface area (Å²) in [6.45, 7) is 13.5. The molecule has 1 spiro atoms. The molecular formula is C61H84N2O13P2S2. The van der Waals surface area contributed by atoms with Crippen molar-refractivity contribution in [2.24, 2.45) is 23.7 Å². The Balaban J connectivity index is 0.000000211. The van der Waals surface area contributed by atoms with E-state index >= 15 is 0 Å². The van der Waals surface area contributed by atoms with Gasteiger partial charge in [0, 0.05) is 72.2 Å². The van der Waals surface area contributed by atoms with E-state index in [0.29, 0.717) is 92.5 Å². The fourth-order valence-corrected chi connectivity index (χ4v) is 17.5. The molecular weight excluding hydrogens is 1090 g/mol. The van der Waals surface area contributed by atoms with Crippen LogP contribution in [0.1, 0.15) is 161 Å². The number of carboxylic acids is 1. The van der Waals surface area contributed by atoms with Gasteiger partial charge in [0.2, 0.25) is 26.6 Å². The first kappa shape index (κ1) is 62.0. The first-order chi connectivity index (χ1) is 38.2. The average Bonchev–Trinajstić information content (AvgIpc) is 4.26. The number of carboxylic acid groups (broad SMARTS) is 1. The normalized spacial score (nSPS) is 24.6. The van der Waals surface area contributed by atoms with E-state index in [1.807, 2.05) is 79.4 Å². The molecule has 2 atom stereocenters. The van der Waals surface area contributed by atoms with Crippen LogP contribution in [-0.2, 0) is 54.3 Å². The van der Waals surface area contributed by atoms with E-state index in [-0.39, 0.29) is 46.7 Å². The van der Waals surface area contributed by atoms with Gasteiger partial charge in [-0.05, 0) is 150 Å². The lowest BCUT2D eigenvalue weighted by atomic mass is 9.81. The summed E-state index contributed by atoms with van der Waals surface area (Å²) in [5.41, 5.74) is 4.72. The number of hydrogen-bond acceptors (Lipinski definition) is 14. The Labute approximate surface area is 481 Å². The topological polar surface area (TPSA) is 196 Å². The van der Waals surface area contributed by atoms with Crippen molar-refractivity contribution >= 4 is 72.5 Å². The van der Waals surface area contributed by atoms with Crippen molar-refractivity contribution in [1.82, 2.24) is 0 Å². The number of carbonyl (C=O) groups is 4. The molecule has 4 aliphatic carbocycles. The fourth-order valence-electron chi connectivity index (χ4n) is 12.4. The lowest BCUT2D eigenvalue weighted by molar-refractivity contribution is -0.179. The molecule has 4 aromatic rings. The number of anilines is 2. The van der Waals surface area contributed by atoms with Gasteiger partial charge < -0.3 is 43.3 Å². The number of nitrogens with zero attached hydrogens (tertiary/aromatic N) is 2. The number of ether oxygens (including phenoxy) is 3. The number of thiophene rings is 2. The van der Waals surface area contributed by atoms with Gasteiger partial charge in [0.15, 0.2) is 5.79 Å². The van der Waals surface area contributed by atoms with Gasteiger partial charge >= 0.3 is 11.9 Å². The van der Waals surface area contributed by atoms with E-state index in [1.54, 1.807) is 18.2 Å². The van der Waals surface area contributed by atoms with Gasteiger partial charge in [-0.15, -0.1) is 22.7 Å². The summed E-state index contributed by atoms with van der Waals surface area (Å²) in [6, 6.07) is 19.1. The van der Waals surface area contributed by atoms with Crippen molar-refractivity contribution in [1.29, 1.82) is 0 Å². The van der Waals surface area contributed by atoms with Crippen molar-refractivity contribution in [2.75, 3.05) is 56.7 Å². The third-order valence-corrected chi connectivity index (χ3v) is 22.7. The number of methoxy groups -OCH3 is 1. The number of carbonyl (C=O) groups excluding carboxylic acids is 3. The summed E-state index contributed by atoms with van der Waals surface area (Å²) in [5.74, 6) is -0.804. The van der Waals surface area contributed by atoms with E-state index in [2.05, 4.69) is 13.8 Å². The largest absolute Gasteiger partial charge is 0.477 e. The molecule has 5 fully saturated rings. The molecule has 3 heterocycles. The number of aromatic carboxylic acids is 1. The number of aliphatic hydroxyl groups excluding tert-OH is 1. The number of hydrogen-bond donors (Lipinski definition) is 2. The summed E-state index contributed by atoms with van der Waals surface area (Å²) >= 11 is 2.53. The number of amides is 2. The van der Waals surface area contributed by atoms with Crippen molar-refractivity contribution in [3.8, 4) is 20.9 Å². The molecule has 1 saturated heterocycles. The number of benzene rings is 2. The molecule has 0 bridgehead atoms. The van der Waals surface area contributed by atoms with Crippen LogP contribution in [-0.4, -0.2) is 105 Å². The number of rotatable bonds is 18. The Bertz CT molecular complexity index is 2830. The Morgan fingerprint density at radius 1 is 0.613 bits per heavy atom. The van der Waals surface area contributed by atoms with Gasteiger partial charge in [0.05, 0.1) is 51.0 Å². The molecule has 2 aromatic carbocycles. The zero-order valence-electron chi connectivity index (χ0n) is 47.9. The number of esters is 1. The van der Waals surface area contributed by atoms with Crippen molar-refractivity contribution in [3.63, 3.8) is 0 Å².